The molecule has 1 aromatic carbocycles. The van der Waals surface area contributed by atoms with Crippen molar-refractivity contribution in [1.82, 2.24) is 0 Å². The third-order valence-electron chi connectivity index (χ3n) is 3.73. The molecular weight excluding hydrogens is 224 g/mol. The van der Waals surface area contributed by atoms with Gasteiger partial charge in [0.15, 0.2) is 0 Å². The Hall–Kier alpha value is -1.94. The lowest BCUT2D eigenvalue weighted by molar-refractivity contribution is 0.394. The zero-order valence-corrected chi connectivity index (χ0v) is 10.6. The molecule has 0 spiro atoms. The molecule has 1 aliphatic carbocycles. The minimum absolute atomic E-state index is 0.0570. The first-order chi connectivity index (χ1) is 8.44. The number of benzene rings is 1. The molecule has 0 radical (unpaired) electrons. The number of rotatable bonds is 2. The van der Waals surface area contributed by atoms with E-state index in [4.69, 9.17) is 22.9 Å². The van der Waals surface area contributed by atoms with E-state index in [1.54, 1.807) is 0 Å². The van der Waals surface area contributed by atoms with Crippen LogP contribution in [0.15, 0.2) is 42.1 Å². The lowest BCUT2D eigenvalue weighted by atomic mass is 9.76. The number of hydrogen-bond acceptors (Lipinski definition) is 4. The van der Waals surface area contributed by atoms with Crippen LogP contribution in [-0.2, 0) is 6.42 Å². The van der Waals surface area contributed by atoms with Crippen molar-refractivity contribution >= 4 is 11.4 Å². The predicted octanol–water partition coefficient (Wildman–Crippen LogP) is 1.14. The molecule has 1 aliphatic rings. The number of nitrogen functional groups attached to an aromatic ring is 2. The summed E-state index contributed by atoms with van der Waals surface area (Å²) in [6.07, 6.45) is 6.33. The molecule has 0 heterocycles. The van der Waals surface area contributed by atoms with Gasteiger partial charge in [-0.15, -0.1) is 0 Å². The second kappa shape index (κ2) is 4.38. The monoisotopic (exact) mass is 244 g/mol. The van der Waals surface area contributed by atoms with Gasteiger partial charge in [0.25, 0.3) is 0 Å². The Morgan fingerprint density at radius 1 is 1.17 bits per heavy atom. The van der Waals surface area contributed by atoms with Crippen LogP contribution in [0.2, 0.25) is 0 Å². The molecule has 1 aromatic rings. The van der Waals surface area contributed by atoms with Crippen LogP contribution in [0.5, 0.6) is 0 Å². The molecule has 4 nitrogen and oxygen atoms in total. The van der Waals surface area contributed by atoms with Crippen molar-refractivity contribution in [2.75, 3.05) is 11.5 Å². The number of hydrogen-bond donors (Lipinski definition) is 4. The van der Waals surface area contributed by atoms with Crippen LogP contribution < -0.4 is 22.9 Å². The molecular formula is C14H20N4. The maximum Gasteiger partial charge on any atom is 0.0465 e. The molecule has 0 amide bonds. The fourth-order valence-corrected chi connectivity index (χ4v) is 2.28. The van der Waals surface area contributed by atoms with Gasteiger partial charge in [-0.2, -0.15) is 0 Å². The van der Waals surface area contributed by atoms with Crippen molar-refractivity contribution in [2.45, 2.75) is 18.9 Å². The molecule has 0 aromatic heterocycles. The van der Waals surface area contributed by atoms with Gasteiger partial charge in [0.1, 0.15) is 0 Å². The summed E-state index contributed by atoms with van der Waals surface area (Å²) in [4.78, 5) is 0. The molecule has 4 heteroatoms. The minimum atomic E-state index is -0.539. The Balaban J connectivity index is 2.34. The SMILES string of the molecule is CC1C(N)=CC=CC1(N)Cc1c(N)cccc1N. The van der Waals surface area contributed by atoms with E-state index in [0.717, 1.165) is 11.3 Å². The first-order valence-electron chi connectivity index (χ1n) is 6.00. The number of allylic oxidation sites excluding steroid dienone is 2. The van der Waals surface area contributed by atoms with Crippen LogP contribution >= 0.6 is 0 Å². The summed E-state index contributed by atoms with van der Waals surface area (Å²) in [5, 5.41) is 0. The molecule has 0 saturated heterocycles. The van der Waals surface area contributed by atoms with E-state index < -0.39 is 5.54 Å². The van der Waals surface area contributed by atoms with Crippen molar-refractivity contribution in [3.63, 3.8) is 0 Å². The van der Waals surface area contributed by atoms with E-state index in [0.29, 0.717) is 17.8 Å². The molecule has 0 aliphatic heterocycles. The van der Waals surface area contributed by atoms with Gasteiger partial charge >= 0.3 is 0 Å². The van der Waals surface area contributed by atoms with Crippen molar-refractivity contribution in [1.29, 1.82) is 0 Å². The zero-order chi connectivity index (χ0) is 13.3. The lowest BCUT2D eigenvalue weighted by Gasteiger charge is -2.36. The molecule has 0 bridgehead atoms. The highest BCUT2D eigenvalue weighted by molar-refractivity contribution is 5.62. The molecule has 2 unspecified atom stereocenters. The Bertz CT molecular complexity index is 498. The van der Waals surface area contributed by atoms with E-state index in [-0.39, 0.29) is 5.92 Å². The Kier molecular flexibility index (Phi) is 3.05. The summed E-state index contributed by atoms with van der Waals surface area (Å²) >= 11 is 0. The summed E-state index contributed by atoms with van der Waals surface area (Å²) < 4.78 is 0. The van der Waals surface area contributed by atoms with Gasteiger partial charge in [0, 0.05) is 34.1 Å². The Morgan fingerprint density at radius 3 is 2.39 bits per heavy atom. The third-order valence-corrected chi connectivity index (χ3v) is 3.73. The standard InChI is InChI=1S/C14H20N4/c1-9-11(15)6-3-7-14(9,18)8-10-12(16)4-2-5-13(10)17/h2-7,9H,8,15-18H2,1H3. The maximum atomic E-state index is 6.44. The third kappa shape index (κ3) is 2.07. The summed E-state index contributed by atoms with van der Waals surface area (Å²) in [5.41, 5.74) is 26.8. The van der Waals surface area contributed by atoms with Gasteiger partial charge in [-0.25, -0.2) is 0 Å². The van der Waals surface area contributed by atoms with Crippen molar-refractivity contribution in [2.24, 2.45) is 17.4 Å². The average Bonchev–Trinajstić information content (AvgIpc) is 2.31. The van der Waals surface area contributed by atoms with Crippen molar-refractivity contribution in [3.8, 4) is 0 Å². The van der Waals surface area contributed by atoms with E-state index in [1.165, 1.54) is 0 Å². The van der Waals surface area contributed by atoms with Gasteiger partial charge in [-0.05, 0) is 24.6 Å². The predicted molar refractivity (Wildman–Crippen MR) is 76.5 cm³/mol. The number of nitrogens with two attached hydrogens (primary N) is 4. The van der Waals surface area contributed by atoms with Crippen LogP contribution in [-0.4, -0.2) is 5.54 Å². The van der Waals surface area contributed by atoms with Gasteiger partial charge in [0.05, 0.1) is 0 Å². The van der Waals surface area contributed by atoms with Gasteiger partial charge in [-0.1, -0.05) is 25.1 Å². The average molecular weight is 244 g/mol. The summed E-state index contributed by atoms with van der Waals surface area (Å²) in [7, 11) is 0. The maximum absolute atomic E-state index is 6.44. The summed E-state index contributed by atoms with van der Waals surface area (Å²) in [6, 6.07) is 5.52. The topological polar surface area (TPSA) is 104 Å². The van der Waals surface area contributed by atoms with Crippen molar-refractivity contribution < 1.29 is 0 Å². The number of anilines is 2. The highest BCUT2D eigenvalue weighted by Gasteiger charge is 2.33. The van der Waals surface area contributed by atoms with Crippen LogP contribution in [0.4, 0.5) is 11.4 Å². The fourth-order valence-electron chi connectivity index (χ4n) is 2.28. The molecule has 0 saturated carbocycles. The first kappa shape index (κ1) is 12.5. The Morgan fingerprint density at radius 2 is 1.78 bits per heavy atom. The molecule has 0 fully saturated rings. The summed E-state index contributed by atoms with van der Waals surface area (Å²) in [5.74, 6) is 0.0570. The van der Waals surface area contributed by atoms with Crippen LogP contribution in [0, 0.1) is 5.92 Å². The normalized spacial score (nSPS) is 27.0. The van der Waals surface area contributed by atoms with Gasteiger partial charge in [-0.3, -0.25) is 0 Å². The largest absolute Gasteiger partial charge is 0.402 e. The lowest BCUT2D eigenvalue weighted by Crippen LogP contribution is -2.49. The van der Waals surface area contributed by atoms with Crippen LogP contribution in [0.3, 0.4) is 0 Å². The smallest absolute Gasteiger partial charge is 0.0465 e. The Labute approximate surface area is 107 Å². The quantitative estimate of drug-likeness (QED) is 0.585. The molecule has 96 valence electrons. The van der Waals surface area contributed by atoms with Crippen molar-refractivity contribution in [3.05, 3.63) is 47.7 Å². The second-order valence-corrected chi connectivity index (χ2v) is 4.95. The summed E-state index contributed by atoms with van der Waals surface area (Å²) in [6.45, 7) is 2.02. The fraction of sp³-hybridized carbons (Fsp3) is 0.286. The van der Waals surface area contributed by atoms with Gasteiger partial charge in [0.2, 0.25) is 0 Å². The second-order valence-electron chi connectivity index (χ2n) is 4.95. The van der Waals surface area contributed by atoms with E-state index >= 15 is 0 Å². The highest BCUT2D eigenvalue weighted by atomic mass is 14.8. The first-order valence-corrected chi connectivity index (χ1v) is 6.00. The van der Waals surface area contributed by atoms with E-state index in [2.05, 4.69) is 0 Å². The molecule has 8 N–H and O–H groups in total. The molecule has 18 heavy (non-hydrogen) atoms. The zero-order valence-electron chi connectivity index (χ0n) is 10.6. The molecule has 2 rings (SSSR count). The van der Waals surface area contributed by atoms with Crippen LogP contribution in [0.25, 0.3) is 0 Å². The minimum Gasteiger partial charge on any atom is -0.402 e. The van der Waals surface area contributed by atoms with E-state index in [1.807, 2.05) is 43.4 Å². The molecule has 2 atom stereocenters. The highest BCUT2D eigenvalue weighted by Crippen LogP contribution is 2.32. The van der Waals surface area contributed by atoms with E-state index in [9.17, 15) is 0 Å². The van der Waals surface area contributed by atoms with Gasteiger partial charge < -0.3 is 22.9 Å². The van der Waals surface area contributed by atoms with Crippen LogP contribution in [0.1, 0.15) is 12.5 Å².